The third kappa shape index (κ3) is 3.02. The minimum atomic E-state index is -4.49. The van der Waals surface area contributed by atoms with Crippen LogP contribution in [-0.2, 0) is 6.18 Å². The van der Waals surface area contributed by atoms with Crippen molar-refractivity contribution in [2.75, 3.05) is 0 Å². The Morgan fingerprint density at radius 3 is 2.05 bits per heavy atom. The Bertz CT molecular complexity index is 645. The molecular formula is C15H10ClF3O. The van der Waals surface area contributed by atoms with Crippen LogP contribution in [0.5, 0.6) is 0 Å². The number of hydrogen-bond acceptors (Lipinski definition) is 1. The lowest BCUT2D eigenvalue weighted by molar-refractivity contribution is -0.137. The van der Waals surface area contributed by atoms with Gasteiger partial charge in [-0.05, 0) is 30.2 Å². The average molecular weight is 299 g/mol. The molecule has 2 aromatic carbocycles. The number of carbonyl (C=O) groups is 1. The molecule has 0 N–H and O–H groups in total. The molecule has 0 radical (unpaired) electrons. The van der Waals surface area contributed by atoms with E-state index in [9.17, 15) is 18.0 Å². The number of ketones is 1. The Balaban J connectivity index is 2.45. The summed E-state index contributed by atoms with van der Waals surface area (Å²) in [5.74, 6) is -0.0939. The van der Waals surface area contributed by atoms with Crippen LogP contribution in [0.4, 0.5) is 13.2 Å². The molecule has 2 rings (SSSR count). The van der Waals surface area contributed by atoms with Gasteiger partial charge in [0.05, 0.1) is 10.6 Å². The lowest BCUT2D eigenvalue weighted by Crippen LogP contribution is -2.05. The Morgan fingerprint density at radius 1 is 1.00 bits per heavy atom. The second-order valence-corrected chi connectivity index (χ2v) is 4.73. The van der Waals surface area contributed by atoms with Gasteiger partial charge in [-0.3, -0.25) is 4.79 Å². The smallest absolute Gasteiger partial charge is 0.295 e. The van der Waals surface area contributed by atoms with Crippen molar-refractivity contribution >= 4 is 17.4 Å². The molecule has 0 amide bonds. The first-order valence-electron chi connectivity index (χ1n) is 5.77. The van der Waals surface area contributed by atoms with Crippen LogP contribution in [0.15, 0.2) is 42.5 Å². The fourth-order valence-electron chi connectivity index (χ4n) is 1.82. The predicted octanol–water partition coefficient (Wildman–Crippen LogP) is 5.23. The van der Waals surface area contributed by atoms with E-state index in [2.05, 4.69) is 0 Å². The van der Waals surface area contributed by atoms with E-state index in [1.54, 1.807) is 24.3 Å². The molecule has 0 aliphatic carbocycles. The lowest BCUT2D eigenvalue weighted by atomic mass is 10.0. The third-order valence-corrected chi connectivity index (χ3v) is 3.23. The molecule has 0 aliphatic heterocycles. The molecule has 0 fully saturated rings. The topological polar surface area (TPSA) is 17.1 Å². The fourth-order valence-corrected chi connectivity index (χ4v) is 2.04. The number of alkyl halides is 3. The molecule has 0 saturated heterocycles. The van der Waals surface area contributed by atoms with Crippen LogP contribution >= 0.6 is 11.6 Å². The first-order chi connectivity index (χ1) is 9.29. The van der Waals surface area contributed by atoms with E-state index in [4.69, 9.17) is 11.6 Å². The molecular weight excluding hydrogens is 289 g/mol. The van der Waals surface area contributed by atoms with Crippen LogP contribution in [0.25, 0.3) is 11.1 Å². The number of carbonyl (C=O) groups excluding carboxylic acids is 1. The largest absolute Gasteiger partial charge is 0.417 e. The van der Waals surface area contributed by atoms with E-state index < -0.39 is 11.7 Å². The van der Waals surface area contributed by atoms with Gasteiger partial charge in [0.1, 0.15) is 0 Å². The second-order valence-electron chi connectivity index (χ2n) is 4.33. The quantitative estimate of drug-likeness (QED) is 0.694. The first kappa shape index (κ1) is 14.6. The van der Waals surface area contributed by atoms with E-state index in [1.807, 2.05) is 0 Å². The lowest BCUT2D eigenvalue weighted by Gasteiger charge is -2.11. The fraction of sp³-hybridized carbons (Fsp3) is 0.133. The number of halogens is 4. The second kappa shape index (κ2) is 5.29. The molecule has 0 spiro atoms. The Hall–Kier alpha value is -1.81. The minimum absolute atomic E-state index is 0.0939. The summed E-state index contributed by atoms with van der Waals surface area (Å²) in [6.45, 7) is 1.43. The Kier molecular flexibility index (Phi) is 3.86. The van der Waals surface area contributed by atoms with Crippen molar-refractivity contribution in [3.05, 3.63) is 58.6 Å². The van der Waals surface area contributed by atoms with Crippen molar-refractivity contribution in [1.29, 1.82) is 0 Å². The number of hydrogen-bond donors (Lipinski definition) is 0. The highest BCUT2D eigenvalue weighted by Crippen LogP contribution is 2.37. The van der Waals surface area contributed by atoms with E-state index in [0.717, 1.165) is 6.07 Å². The zero-order chi connectivity index (χ0) is 14.9. The highest BCUT2D eigenvalue weighted by atomic mass is 35.5. The number of rotatable bonds is 2. The minimum Gasteiger partial charge on any atom is -0.295 e. The molecule has 0 aromatic heterocycles. The zero-order valence-electron chi connectivity index (χ0n) is 10.5. The Morgan fingerprint density at radius 2 is 1.55 bits per heavy atom. The summed E-state index contributed by atoms with van der Waals surface area (Å²) in [5.41, 5.74) is 0.639. The van der Waals surface area contributed by atoms with Crippen molar-refractivity contribution in [2.24, 2.45) is 0 Å². The maximum atomic E-state index is 12.8. The van der Waals surface area contributed by atoms with Gasteiger partial charge in [0.15, 0.2) is 5.78 Å². The summed E-state index contributed by atoms with van der Waals surface area (Å²) in [7, 11) is 0. The van der Waals surface area contributed by atoms with Crippen molar-refractivity contribution in [2.45, 2.75) is 13.1 Å². The van der Waals surface area contributed by atoms with Gasteiger partial charge in [-0.25, -0.2) is 0 Å². The van der Waals surface area contributed by atoms with Gasteiger partial charge < -0.3 is 0 Å². The highest BCUT2D eigenvalue weighted by molar-refractivity contribution is 6.31. The molecule has 0 atom stereocenters. The highest BCUT2D eigenvalue weighted by Gasteiger charge is 2.33. The molecule has 2 aromatic rings. The molecule has 104 valence electrons. The maximum absolute atomic E-state index is 12.8. The van der Waals surface area contributed by atoms with E-state index in [1.165, 1.54) is 19.1 Å². The Labute approximate surface area is 119 Å². The molecule has 0 heterocycles. The molecule has 0 unspecified atom stereocenters. The zero-order valence-corrected chi connectivity index (χ0v) is 11.2. The average Bonchev–Trinajstić information content (AvgIpc) is 2.38. The van der Waals surface area contributed by atoms with E-state index >= 15 is 0 Å². The van der Waals surface area contributed by atoms with E-state index in [-0.39, 0.29) is 10.8 Å². The van der Waals surface area contributed by atoms with Gasteiger partial charge in [0, 0.05) is 5.56 Å². The van der Waals surface area contributed by atoms with Crippen LogP contribution in [-0.4, -0.2) is 5.78 Å². The van der Waals surface area contributed by atoms with E-state index in [0.29, 0.717) is 16.7 Å². The molecule has 0 aliphatic rings. The van der Waals surface area contributed by atoms with Crippen LogP contribution < -0.4 is 0 Å². The van der Waals surface area contributed by atoms with Crippen LogP contribution in [0.1, 0.15) is 22.8 Å². The van der Waals surface area contributed by atoms with Crippen LogP contribution in [0, 0.1) is 0 Å². The van der Waals surface area contributed by atoms with Crippen molar-refractivity contribution < 1.29 is 18.0 Å². The monoisotopic (exact) mass is 298 g/mol. The number of Topliss-reactive ketones (excluding diaryl/α,β-unsaturated/α-hetero) is 1. The van der Waals surface area contributed by atoms with Gasteiger partial charge in [-0.2, -0.15) is 13.2 Å². The molecule has 1 nitrogen and oxygen atoms in total. The summed E-state index contributed by atoms with van der Waals surface area (Å²) < 4.78 is 38.4. The first-order valence-corrected chi connectivity index (χ1v) is 6.15. The van der Waals surface area contributed by atoms with Gasteiger partial charge in [-0.1, -0.05) is 41.9 Å². The standard InChI is InChI=1S/C15H10ClF3O/c1-9(20)10-2-4-11(5-3-10)12-6-7-14(16)13(8-12)15(17,18)19/h2-8H,1H3. The number of benzene rings is 2. The van der Waals surface area contributed by atoms with Crippen molar-refractivity contribution in [1.82, 2.24) is 0 Å². The van der Waals surface area contributed by atoms with Gasteiger partial charge in [0.2, 0.25) is 0 Å². The molecule has 5 heteroatoms. The van der Waals surface area contributed by atoms with Crippen molar-refractivity contribution in [3.8, 4) is 11.1 Å². The van der Waals surface area contributed by atoms with Gasteiger partial charge in [-0.15, -0.1) is 0 Å². The maximum Gasteiger partial charge on any atom is 0.417 e. The SMILES string of the molecule is CC(=O)c1ccc(-c2ccc(Cl)c(C(F)(F)F)c2)cc1. The van der Waals surface area contributed by atoms with Crippen molar-refractivity contribution in [3.63, 3.8) is 0 Å². The summed E-state index contributed by atoms with van der Waals surface area (Å²) in [5, 5.41) is -0.332. The molecule has 0 bridgehead atoms. The predicted molar refractivity (Wildman–Crippen MR) is 71.9 cm³/mol. The summed E-state index contributed by atoms with van der Waals surface area (Å²) in [4.78, 5) is 11.2. The summed E-state index contributed by atoms with van der Waals surface area (Å²) in [6.07, 6.45) is -4.49. The summed E-state index contributed by atoms with van der Waals surface area (Å²) in [6, 6.07) is 10.1. The molecule has 0 saturated carbocycles. The van der Waals surface area contributed by atoms with Crippen LogP contribution in [0.3, 0.4) is 0 Å². The van der Waals surface area contributed by atoms with Gasteiger partial charge >= 0.3 is 6.18 Å². The summed E-state index contributed by atoms with van der Waals surface area (Å²) >= 11 is 5.57. The molecule has 20 heavy (non-hydrogen) atoms. The third-order valence-electron chi connectivity index (χ3n) is 2.90. The van der Waals surface area contributed by atoms with Gasteiger partial charge in [0.25, 0.3) is 0 Å². The normalized spacial score (nSPS) is 11.4. The van der Waals surface area contributed by atoms with Crippen LogP contribution in [0.2, 0.25) is 5.02 Å².